The summed E-state index contributed by atoms with van der Waals surface area (Å²) in [6.45, 7) is 1.96. The molecule has 0 aromatic rings. The molecule has 80 valence electrons. The Morgan fingerprint density at radius 3 is 2.64 bits per heavy atom. The normalized spacial score (nSPS) is 19.4. The molecule has 0 amide bonds. The number of esters is 1. The van der Waals surface area contributed by atoms with E-state index in [1.807, 2.05) is 0 Å². The maximum atomic E-state index is 11.0. The predicted molar refractivity (Wildman–Crippen MR) is 53.9 cm³/mol. The number of hydrogen-bond acceptors (Lipinski definition) is 3. The topological polar surface area (TPSA) is 46.5 Å². The van der Waals surface area contributed by atoms with Crippen molar-refractivity contribution in [2.24, 2.45) is 5.92 Å². The number of hydrogen-bond donors (Lipinski definition) is 1. The molecule has 1 saturated carbocycles. The number of aliphatic hydroxyl groups excluding tert-OH is 1. The lowest BCUT2D eigenvalue weighted by Crippen LogP contribution is -2.15. The zero-order chi connectivity index (χ0) is 10.4. The van der Waals surface area contributed by atoms with Crippen LogP contribution in [0.2, 0.25) is 0 Å². The van der Waals surface area contributed by atoms with Crippen LogP contribution in [0.4, 0.5) is 0 Å². The number of allylic oxidation sites excluding steroid dienone is 1. The van der Waals surface area contributed by atoms with Crippen LogP contribution in [-0.2, 0) is 9.53 Å². The summed E-state index contributed by atoms with van der Waals surface area (Å²) in [5.74, 6) is 0.0920. The third-order valence-corrected chi connectivity index (χ3v) is 2.51. The Hall–Kier alpha value is -0.990. The number of ether oxygens (including phenoxy) is 1. The Labute approximate surface area is 84.8 Å². The Kier molecular flexibility index (Phi) is 4.50. The van der Waals surface area contributed by atoms with Crippen molar-refractivity contribution in [3.05, 3.63) is 11.8 Å². The van der Waals surface area contributed by atoms with Gasteiger partial charge in [0, 0.05) is 0 Å². The molecule has 1 N–H and O–H groups in total. The summed E-state index contributed by atoms with van der Waals surface area (Å²) in [6, 6.07) is 0. The monoisotopic (exact) mass is 198 g/mol. The van der Waals surface area contributed by atoms with Crippen molar-refractivity contribution in [3.8, 4) is 0 Å². The molecule has 0 radical (unpaired) electrons. The van der Waals surface area contributed by atoms with Gasteiger partial charge in [0.05, 0.1) is 18.4 Å². The van der Waals surface area contributed by atoms with Crippen molar-refractivity contribution in [3.63, 3.8) is 0 Å². The van der Waals surface area contributed by atoms with E-state index in [9.17, 15) is 4.79 Å². The zero-order valence-corrected chi connectivity index (χ0v) is 8.66. The van der Waals surface area contributed by atoms with Crippen molar-refractivity contribution in [2.45, 2.75) is 39.0 Å². The highest BCUT2D eigenvalue weighted by molar-refractivity contribution is 5.82. The second kappa shape index (κ2) is 5.68. The third-order valence-electron chi connectivity index (χ3n) is 2.51. The summed E-state index contributed by atoms with van der Waals surface area (Å²) in [5, 5.41) is 8.82. The van der Waals surface area contributed by atoms with E-state index in [1.165, 1.54) is 26.2 Å². The number of aliphatic hydroxyl groups is 1. The summed E-state index contributed by atoms with van der Waals surface area (Å²) >= 11 is 0. The largest absolute Gasteiger partial charge is 0.512 e. The molecule has 1 aliphatic rings. The third kappa shape index (κ3) is 4.30. The molecule has 0 bridgehead atoms. The van der Waals surface area contributed by atoms with Gasteiger partial charge in [-0.2, -0.15) is 0 Å². The number of carbonyl (C=O) groups is 1. The molecular formula is C11H18O3. The Bertz CT molecular complexity index is 211. The lowest BCUT2D eigenvalue weighted by atomic mass is 9.90. The molecule has 0 aliphatic heterocycles. The summed E-state index contributed by atoms with van der Waals surface area (Å²) in [6.07, 6.45) is 7.24. The molecule has 0 saturated heterocycles. The van der Waals surface area contributed by atoms with Gasteiger partial charge in [0.15, 0.2) is 0 Å². The van der Waals surface area contributed by atoms with Gasteiger partial charge in [0.1, 0.15) is 0 Å². The van der Waals surface area contributed by atoms with Crippen LogP contribution in [0.15, 0.2) is 11.8 Å². The molecule has 1 aliphatic carbocycles. The molecule has 0 spiro atoms. The molecule has 0 heterocycles. The molecular weight excluding hydrogens is 180 g/mol. The molecule has 3 nitrogen and oxygen atoms in total. The number of carbonyl (C=O) groups excluding carboxylic acids is 1. The lowest BCUT2D eigenvalue weighted by molar-refractivity contribution is -0.139. The SMILES string of the molecule is C/C(O)=C/C(=O)OCC1CCCCC1. The van der Waals surface area contributed by atoms with Gasteiger partial charge in [-0.3, -0.25) is 0 Å². The number of rotatable bonds is 3. The Morgan fingerprint density at radius 2 is 2.07 bits per heavy atom. The van der Waals surface area contributed by atoms with Gasteiger partial charge in [-0.15, -0.1) is 0 Å². The highest BCUT2D eigenvalue weighted by Gasteiger charge is 2.14. The van der Waals surface area contributed by atoms with Crippen molar-refractivity contribution >= 4 is 5.97 Å². The van der Waals surface area contributed by atoms with Gasteiger partial charge < -0.3 is 9.84 Å². The fraction of sp³-hybridized carbons (Fsp3) is 0.727. The van der Waals surface area contributed by atoms with E-state index < -0.39 is 5.97 Å². The first-order chi connectivity index (χ1) is 6.68. The van der Waals surface area contributed by atoms with Gasteiger partial charge in [0.25, 0.3) is 0 Å². The first kappa shape index (κ1) is 11.1. The summed E-state index contributed by atoms with van der Waals surface area (Å²) in [5.41, 5.74) is 0. The molecule has 0 unspecified atom stereocenters. The first-order valence-corrected chi connectivity index (χ1v) is 5.22. The summed E-state index contributed by atoms with van der Waals surface area (Å²) < 4.78 is 5.02. The molecule has 1 fully saturated rings. The average Bonchev–Trinajstić information content (AvgIpc) is 2.15. The minimum Gasteiger partial charge on any atom is -0.512 e. The van der Waals surface area contributed by atoms with Gasteiger partial charge in [-0.25, -0.2) is 4.79 Å². The van der Waals surface area contributed by atoms with E-state index in [0.29, 0.717) is 12.5 Å². The van der Waals surface area contributed by atoms with Crippen LogP contribution in [0, 0.1) is 5.92 Å². The molecule has 3 heteroatoms. The van der Waals surface area contributed by atoms with Crippen molar-refractivity contribution in [2.75, 3.05) is 6.61 Å². The Balaban J connectivity index is 2.19. The van der Waals surface area contributed by atoms with Crippen LogP contribution in [0.5, 0.6) is 0 Å². The van der Waals surface area contributed by atoms with E-state index in [0.717, 1.165) is 18.9 Å². The van der Waals surface area contributed by atoms with Crippen molar-refractivity contribution < 1.29 is 14.6 Å². The van der Waals surface area contributed by atoms with Crippen LogP contribution in [-0.4, -0.2) is 17.7 Å². The standard InChI is InChI=1S/C11H18O3/c1-9(12)7-11(13)14-8-10-5-3-2-4-6-10/h7,10,12H,2-6,8H2,1H3/b9-7-. The summed E-state index contributed by atoms with van der Waals surface area (Å²) in [7, 11) is 0. The maximum Gasteiger partial charge on any atom is 0.334 e. The van der Waals surface area contributed by atoms with E-state index in [-0.39, 0.29) is 5.76 Å². The first-order valence-electron chi connectivity index (χ1n) is 5.22. The van der Waals surface area contributed by atoms with Gasteiger partial charge >= 0.3 is 5.97 Å². The molecule has 0 aromatic carbocycles. The van der Waals surface area contributed by atoms with E-state index in [2.05, 4.69) is 0 Å². The smallest absolute Gasteiger partial charge is 0.334 e. The quantitative estimate of drug-likeness (QED) is 0.430. The highest BCUT2D eigenvalue weighted by atomic mass is 16.5. The van der Waals surface area contributed by atoms with Crippen LogP contribution in [0.1, 0.15) is 39.0 Å². The fourth-order valence-corrected chi connectivity index (χ4v) is 1.77. The second-order valence-corrected chi connectivity index (χ2v) is 3.92. The van der Waals surface area contributed by atoms with Crippen LogP contribution < -0.4 is 0 Å². The van der Waals surface area contributed by atoms with Gasteiger partial charge in [0.2, 0.25) is 0 Å². The van der Waals surface area contributed by atoms with Gasteiger partial charge in [-0.05, 0) is 25.7 Å². The van der Waals surface area contributed by atoms with Crippen molar-refractivity contribution in [1.82, 2.24) is 0 Å². The average molecular weight is 198 g/mol. The fourth-order valence-electron chi connectivity index (χ4n) is 1.77. The zero-order valence-electron chi connectivity index (χ0n) is 8.66. The molecule has 0 atom stereocenters. The van der Waals surface area contributed by atoms with E-state index >= 15 is 0 Å². The highest BCUT2D eigenvalue weighted by Crippen LogP contribution is 2.23. The van der Waals surface area contributed by atoms with Crippen molar-refractivity contribution in [1.29, 1.82) is 0 Å². The lowest BCUT2D eigenvalue weighted by Gasteiger charge is -2.20. The van der Waals surface area contributed by atoms with E-state index in [4.69, 9.17) is 9.84 Å². The molecule has 14 heavy (non-hydrogen) atoms. The molecule has 0 aromatic heterocycles. The van der Waals surface area contributed by atoms with Gasteiger partial charge in [-0.1, -0.05) is 19.3 Å². The van der Waals surface area contributed by atoms with Crippen LogP contribution in [0.3, 0.4) is 0 Å². The van der Waals surface area contributed by atoms with Crippen LogP contribution >= 0.6 is 0 Å². The Morgan fingerprint density at radius 1 is 1.43 bits per heavy atom. The maximum absolute atomic E-state index is 11.0. The summed E-state index contributed by atoms with van der Waals surface area (Å²) in [4.78, 5) is 11.0. The van der Waals surface area contributed by atoms with E-state index in [1.54, 1.807) is 0 Å². The second-order valence-electron chi connectivity index (χ2n) is 3.92. The minimum absolute atomic E-state index is 0.00126. The minimum atomic E-state index is -0.435. The molecule has 1 rings (SSSR count). The predicted octanol–water partition coefficient (Wildman–Crippen LogP) is 2.57. The van der Waals surface area contributed by atoms with Crippen LogP contribution in [0.25, 0.3) is 0 Å².